The van der Waals surface area contributed by atoms with Gasteiger partial charge in [0, 0.05) is 77.5 Å². The van der Waals surface area contributed by atoms with Crippen LogP contribution in [0.1, 0.15) is 67.8 Å². The average molecular weight is 895 g/mol. The third-order valence-corrected chi connectivity index (χ3v) is 12.4. The van der Waals surface area contributed by atoms with E-state index in [1.807, 2.05) is 48.6 Å². The van der Waals surface area contributed by atoms with Gasteiger partial charge in [0.05, 0.1) is 45.6 Å². The van der Waals surface area contributed by atoms with E-state index in [0.717, 1.165) is 134 Å². The molecule has 8 heteroatoms. The smallest absolute Gasteiger partial charge is 0.0737 e. The summed E-state index contributed by atoms with van der Waals surface area (Å²) in [5.41, 5.74) is 22.5. The Morgan fingerprint density at radius 2 is 0.471 bits per heavy atom. The molecule has 8 nitrogen and oxygen atoms in total. The number of aromatic amines is 4. The van der Waals surface area contributed by atoms with Gasteiger partial charge < -0.3 is 19.9 Å². The van der Waals surface area contributed by atoms with Crippen molar-refractivity contribution in [2.45, 2.75) is 0 Å². The summed E-state index contributed by atoms with van der Waals surface area (Å²) >= 11 is 0. The molecule has 16 bridgehead atoms. The van der Waals surface area contributed by atoms with Gasteiger partial charge in [-0.05, 0) is 193 Å². The van der Waals surface area contributed by atoms with Crippen LogP contribution in [0.25, 0.3) is 115 Å². The standard InChI is InChI=1S/C62H38N8/c1-2-40(6-8-42-11-15-44(16-12-42)62-59-31-27-55(69-59)37-51-23-19-47(65-51)34-48-20-24-52(66-48)38-56-28-32-60(62)70-56)4-3-39(1)5-7-41-9-13-43(14-10-41)61-57-29-25-53(67-57)35-49-21-17-45(63-49)33-46-18-22-50(64-46)36-54-26-30-58(61)68-54/h1-4,9-38,63-66H. The van der Waals surface area contributed by atoms with Gasteiger partial charge in [-0.15, -0.1) is 0 Å². The molecule has 3 aromatic carbocycles. The number of nitrogens with zero attached hydrogens (tertiary/aromatic N) is 4. The van der Waals surface area contributed by atoms with Crippen LogP contribution in [0, 0.1) is 23.7 Å². The monoisotopic (exact) mass is 894 g/mol. The second-order valence-corrected chi connectivity index (χ2v) is 17.3. The van der Waals surface area contributed by atoms with E-state index < -0.39 is 0 Å². The van der Waals surface area contributed by atoms with Crippen molar-refractivity contribution in [1.29, 1.82) is 0 Å². The summed E-state index contributed by atoms with van der Waals surface area (Å²) in [6.07, 6.45) is 16.4. The zero-order chi connectivity index (χ0) is 46.4. The normalized spacial score (nSPS) is 12.1. The van der Waals surface area contributed by atoms with Crippen molar-refractivity contribution < 1.29 is 0 Å². The van der Waals surface area contributed by atoms with Crippen LogP contribution in [0.3, 0.4) is 0 Å². The summed E-state index contributed by atoms with van der Waals surface area (Å²) in [5.74, 6) is 13.4. The van der Waals surface area contributed by atoms with Crippen molar-refractivity contribution in [3.63, 3.8) is 0 Å². The summed E-state index contributed by atoms with van der Waals surface area (Å²) in [7, 11) is 0. The van der Waals surface area contributed by atoms with Gasteiger partial charge >= 0.3 is 0 Å². The Balaban J connectivity index is 0.755. The first kappa shape index (κ1) is 40.3. The largest absolute Gasteiger partial charge is 0.355 e. The van der Waals surface area contributed by atoms with Crippen LogP contribution in [-0.4, -0.2) is 39.9 Å². The van der Waals surface area contributed by atoms with Crippen LogP contribution in [0.4, 0.5) is 0 Å². The molecule has 0 radical (unpaired) electrons. The number of hydrogen-bond acceptors (Lipinski definition) is 4. The molecular formula is C62H38N8. The van der Waals surface area contributed by atoms with Crippen LogP contribution in [0.5, 0.6) is 0 Å². The van der Waals surface area contributed by atoms with Crippen LogP contribution < -0.4 is 0 Å². The lowest BCUT2D eigenvalue weighted by Gasteiger charge is -2.05. The first-order chi connectivity index (χ1) is 34.5. The van der Waals surface area contributed by atoms with Crippen molar-refractivity contribution in [1.82, 2.24) is 39.9 Å². The van der Waals surface area contributed by atoms with Gasteiger partial charge in [-0.2, -0.15) is 0 Å². The molecule has 13 rings (SSSR count). The first-order valence-corrected chi connectivity index (χ1v) is 23.0. The third-order valence-electron chi connectivity index (χ3n) is 12.4. The fourth-order valence-corrected chi connectivity index (χ4v) is 8.97. The fraction of sp³-hybridized carbons (Fsp3) is 0. The molecule has 70 heavy (non-hydrogen) atoms. The maximum atomic E-state index is 5.04. The van der Waals surface area contributed by atoms with Crippen LogP contribution in [-0.2, 0) is 0 Å². The molecule has 0 spiro atoms. The molecule has 6 aromatic heterocycles. The first-order valence-electron chi connectivity index (χ1n) is 23.0. The van der Waals surface area contributed by atoms with E-state index in [-0.39, 0.29) is 0 Å². The van der Waals surface area contributed by atoms with Gasteiger partial charge in [-0.25, -0.2) is 19.9 Å². The number of H-pyrrole nitrogens is 4. The Morgan fingerprint density at radius 3 is 0.729 bits per heavy atom. The average Bonchev–Trinajstić information content (AvgIpc) is 4.23. The van der Waals surface area contributed by atoms with E-state index in [9.17, 15) is 0 Å². The number of aromatic nitrogens is 8. The van der Waals surface area contributed by atoms with Crippen LogP contribution in [0.2, 0.25) is 0 Å². The van der Waals surface area contributed by atoms with Crippen molar-refractivity contribution in [2.75, 3.05) is 0 Å². The highest BCUT2D eigenvalue weighted by Gasteiger charge is 2.16. The van der Waals surface area contributed by atoms with Gasteiger partial charge in [0.1, 0.15) is 0 Å². The van der Waals surface area contributed by atoms with Gasteiger partial charge in [-0.1, -0.05) is 47.9 Å². The molecular weight excluding hydrogens is 857 g/mol. The Bertz CT molecular complexity index is 3760. The van der Waals surface area contributed by atoms with E-state index in [4.69, 9.17) is 19.9 Å². The Kier molecular flexibility index (Phi) is 9.78. The quantitative estimate of drug-likeness (QED) is 0.129. The van der Waals surface area contributed by atoms with Crippen molar-refractivity contribution in [3.8, 4) is 45.9 Å². The number of hydrogen-bond donors (Lipinski definition) is 4. The highest BCUT2D eigenvalue weighted by Crippen LogP contribution is 2.33. The summed E-state index contributed by atoms with van der Waals surface area (Å²) in [6.45, 7) is 0. The zero-order valence-corrected chi connectivity index (χ0v) is 37.4. The van der Waals surface area contributed by atoms with Crippen LogP contribution >= 0.6 is 0 Å². The highest BCUT2D eigenvalue weighted by atomic mass is 14.8. The van der Waals surface area contributed by atoms with Gasteiger partial charge in [-0.3, -0.25) is 0 Å². The lowest BCUT2D eigenvalue weighted by Crippen LogP contribution is -1.89. The number of nitrogens with one attached hydrogen (secondary N) is 4. The lowest BCUT2D eigenvalue weighted by molar-refractivity contribution is 1.27. The van der Waals surface area contributed by atoms with Crippen molar-refractivity contribution in [2.24, 2.45) is 0 Å². The Labute approximate surface area is 402 Å². The minimum Gasteiger partial charge on any atom is -0.355 e. The lowest BCUT2D eigenvalue weighted by atomic mass is 10.0. The topological polar surface area (TPSA) is 115 Å². The minimum atomic E-state index is 0.859. The van der Waals surface area contributed by atoms with Crippen molar-refractivity contribution >= 4 is 92.7 Å². The summed E-state index contributed by atoms with van der Waals surface area (Å²) in [6, 6.07) is 53.7. The SMILES string of the molecule is C(#Cc1ccc(-c2c3nc(cc4ccc(cc5ccc(cc6nc2C=C6)[nH]5)[nH]4)C=C3)cc1)c1ccc(C#Cc2ccc(-c3c4nc(cc5ccc(cc6ccc(cc7nc3C=C7)[nH]6)[nH]5)C=C4)cc2)cc1. The molecule has 4 aliphatic rings. The second kappa shape index (κ2) is 17.0. The molecule has 0 amide bonds. The molecule has 4 aliphatic heterocycles. The molecule has 0 saturated carbocycles. The molecule has 0 saturated heterocycles. The molecule has 0 atom stereocenters. The third kappa shape index (κ3) is 8.37. The molecule has 10 heterocycles. The van der Waals surface area contributed by atoms with E-state index in [0.29, 0.717) is 0 Å². The zero-order valence-electron chi connectivity index (χ0n) is 37.4. The fourth-order valence-electron chi connectivity index (χ4n) is 8.97. The predicted octanol–water partition coefficient (Wildman–Crippen LogP) is 13.8. The summed E-state index contributed by atoms with van der Waals surface area (Å²) < 4.78 is 0. The molecule has 326 valence electrons. The highest BCUT2D eigenvalue weighted by molar-refractivity contribution is 5.91. The Morgan fingerprint density at radius 1 is 0.243 bits per heavy atom. The van der Waals surface area contributed by atoms with E-state index in [1.54, 1.807) is 0 Å². The van der Waals surface area contributed by atoms with E-state index in [1.165, 1.54) is 0 Å². The molecule has 4 N–H and O–H groups in total. The summed E-state index contributed by atoms with van der Waals surface area (Å²) in [4.78, 5) is 34.1. The molecule has 0 aliphatic carbocycles. The maximum Gasteiger partial charge on any atom is 0.0737 e. The Hall–Kier alpha value is -10.0. The number of fused-ring (bicyclic) bond motifs is 16. The molecule has 0 fully saturated rings. The van der Waals surface area contributed by atoms with Gasteiger partial charge in [0.2, 0.25) is 0 Å². The maximum absolute atomic E-state index is 5.04. The van der Waals surface area contributed by atoms with E-state index in [2.05, 4.69) is 201 Å². The van der Waals surface area contributed by atoms with Crippen LogP contribution in [0.15, 0.2) is 158 Å². The van der Waals surface area contributed by atoms with Gasteiger partial charge in [0.15, 0.2) is 0 Å². The minimum absolute atomic E-state index is 0.859. The van der Waals surface area contributed by atoms with Gasteiger partial charge in [0.25, 0.3) is 0 Å². The summed E-state index contributed by atoms with van der Waals surface area (Å²) in [5, 5.41) is 0. The predicted molar refractivity (Wildman–Crippen MR) is 287 cm³/mol. The van der Waals surface area contributed by atoms with E-state index >= 15 is 0 Å². The second-order valence-electron chi connectivity index (χ2n) is 17.3. The number of benzene rings is 3. The molecule has 9 aromatic rings. The van der Waals surface area contributed by atoms with Crippen molar-refractivity contribution in [3.05, 3.63) is 226 Å². The molecule has 0 unspecified atom stereocenters. The number of rotatable bonds is 2.